The summed E-state index contributed by atoms with van der Waals surface area (Å²) in [5.41, 5.74) is 14.7. The minimum atomic E-state index is 0.642. The summed E-state index contributed by atoms with van der Waals surface area (Å²) in [7, 11) is 0. The van der Waals surface area contributed by atoms with Crippen LogP contribution in [0.4, 0.5) is 0 Å². The molecule has 0 bridgehead atoms. The predicted molar refractivity (Wildman–Crippen MR) is 341 cm³/mol. The van der Waals surface area contributed by atoms with Crippen molar-refractivity contribution in [2.75, 3.05) is 0 Å². The standard InChI is InChI=1S/C75H45N5S/c1-4-16-46(17-5-1)73-76-74(47-18-6-2-7-19-47)78-75(77-73)52-28-34-57-58-35-33-54(45-62(58)56-23-11-10-22-55(56)61(57)44-52)80-68-27-15-13-25-60(68)64-41-49(30-37-70(64)80)51-32-39-72-66(43-51)65-42-50(31-38-71(65)81-72)48-29-36-69-63(40-48)59-24-12-14-26-67(59)79(69)53-20-8-3-9-21-53/h1-45H. The first kappa shape index (κ1) is 45.5. The van der Waals surface area contributed by atoms with Crippen molar-refractivity contribution >= 4 is 107 Å². The van der Waals surface area contributed by atoms with Gasteiger partial charge in [-0.3, -0.25) is 0 Å². The second-order valence-corrected chi connectivity index (χ2v) is 22.2. The maximum absolute atomic E-state index is 5.09. The molecule has 0 aliphatic heterocycles. The molecule has 81 heavy (non-hydrogen) atoms. The van der Waals surface area contributed by atoms with Gasteiger partial charge < -0.3 is 9.13 Å². The Hall–Kier alpha value is -10.5. The highest BCUT2D eigenvalue weighted by Crippen LogP contribution is 2.44. The molecule has 0 aliphatic carbocycles. The molecule has 0 saturated heterocycles. The van der Waals surface area contributed by atoms with E-state index < -0.39 is 0 Å². The molecule has 0 saturated carbocycles. The molecule has 5 nitrogen and oxygen atoms in total. The Morgan fingerprint density at radius 2 is 0.568 bits per heavy atom. The quantitative estimate of drug-likeness (QED) is 0.149. The lowest BCUT2D eigenvalue weighted by molar-refractivity contribution is 1.07. The molecule has 4 heterocycles. The van der Waals surface area contributed by atoms with E-state index in [1.807, 2.05) is 47.7 Å². The van der Waals surface area contributed by atoms with Crippen molar-refractivity contribution < 1.29 is 0 Å². The largest absolute Gasteiger partial charge is 0.309 e. The fourth-order valence-electron chi connectivity index (χ4n) is 12.7. The van der Waals surface area contributed by atoms with Gasteiger partial charge in [-0.2, -0.15) is 0 Å². The summed E-state index contributed by atoms with van der Waals surface area (Å²) in [6.07, 6.45) is 0. The zero-order chi connectivity index (χ0) is 53.1. The van der Waals surface area contributed by atoms with E-state index in [2.05, 4.69) is 246 Å². The third-order valence-electron chi connectivity index (χ3n) is 16.5. The monoisotopic (exact) mass is 1050 g/mol. The number of aromatic nitrogens is 5. The van der Waals surface area contributed by atoms with E-state index in [9.17, 15) is 0 Å². The van der Waals surface area contributed by atoms with Crippen LogP contribution < -0.4 is 0 Å². The number of benzene rings is 13. The molecular weight excluding hydrogens is 1000 g/mol. The van der Waals surface area contributed by atoms with Crippen LogP contribution in [0.3, 0.4) is 0 Å². The first-order chi connectivity index (χ1) is 40.1. The number of para-hydroxylation sites is 3. The summed E-state index contributed by atoms with van der Waals surface area (Å²) in [5, 5.41) is 14.7. The topological polar surface area (TPSA) is 48.5 Å². The molecular formula is C75H45N5S. The Morgan fingerprint density at radius 1 is 0.210 bits per heavy atom. The number of rotatable bonds is 7. The van der Waals surface area contributed by atoms with Crippen molar-refractivity contribution in [3.8, 4) is 67.8 Å². The molecule has 17 aromatic rings. The molecule has 0 spiro atoms. The van der Waals surface area contributed by atoms with Crippen molar-refractivity contribution in [1.29, 1.82) is 0 Å². The van der Waals surface area contributed by atoms with Crippen LogP contribution in [0.25, 0.3) is 164 Å². The molecule has 17 rings (SSSR count). The van der Waals surface area contributed by atoms with Crippen LogP contribution >= 0.6 is 11.3 Å². The van der Waals surface area contributed by atoms with Crippen LogP contribution in [0.5, 0.6) is 0 Å². The average molecular weight is 1050 g/mol. The van der Waals surface area contributed by atoms with Crippen molar-refractivity contribution in [1.82, 2.24) is 24.1 Å². The van der Waals surface area contributed by atoms with Gasteiger partial charge in [0.25, 0.3) is 0 Å². The van der Waals surface area contributed by atoms with Gasteiger partial charge in [0.1, 0.15) is 0 Å². The van der Waals surface area contributed by atoms with E-state index in [-0.39, 0.29) is 0 Å². The van der Waals surface area contributed by atoms with Crippen LogP contribution in [-0.2, 0) is 0 Å². The molecule has 0 unspecified atom stereocenters. The Labute approximate surface area is 469 Å². The van der Waals surface area contributed by atoms with Gasteiger partial charge >= 0.3 is 0 Å². The smallest absolute Gasteiger partial charge is 0.164 e. The molecule has 0 atom stereocenters. The van der Waals surface area contributed by atoms with E-state index in [1.165, 1.54) is 119 Å². The highest BCUT2D eigenvalue weighted by atomic mass is 32.1. The van der Waals surface area contributed by atoms with E-state index in [4.69, 9.17) is 15.0 Å². The van der Waals surface area contributed by atoms with Gasteiger partial charge in [-0.05, 0) is 146 Å². The minimum Gasteiger partial charge on any atom is -0.309 e. The maximum Gasteiger partial charge on any atom is 0.164 e. The lowest BCUT2D eigenvalue weighted by atomic mass is 9.93. The third kappa shape index (κ3) is 7.28. The first-order valence-electron chi connectivity index (χ1n) is 27.5. The third-order valence-corrected chi connectivity index (χ3v) is 17.7. The van der Waals surface area contributed by atoms with Gasteiger partial charge in [0.15, 0.2) is 17.5 Å². The van der Waals surface area contributed by atoms with E-state index in [0.29, 0.717) is 17.5 Å². The van der Waals surface area contributed by atoms with Gasteiger partial charge in [-0.1, -0.05) is 182 Å². The van der Waals surface area contributed by atoms with Crippen molar-refractivity contribution in [3.05, 3.63) is 273 Å². The van der Waals surface area contributed by atoms with E-state index >= 15 is 0 Å². The van der Waals surface area contributed by atoms with Gasteiger partial charge in [0.2, 0.25) is 0 Å². The summed E-state index contributed by atoms with van der Waals surface area (Å²) in [5.74, 6) is 1.94. The summed E-state index contributed by atoms with van der Waals surface area (Å²) in [6, 6.07) is 99.1. The summed E-state index contributed by atoms with van der Waals surface area (Å²) in [4.78, 5) is 15.1. The molecule has 376 valence electrons. The van der Waals surface area contributed by atoms with Crippen LogP contribution in [0.2, 0.25) is 0 Å². The Kier molecular flexibility index (Phi) is 10.1. The zero-order valence-electron chi connectivity index (χ0n) is 43.6. The number of fused-ring (bicyclic) bond motifs is 15. The molecule has 0 radical (unpaired) electrons. The molecule has 0 aliphatic rings. The summed E-state index contributed by atoms with van der Waals surface area (Å²) >= 11 is 1.87. The van der Waals surface area contributed by atoms with Crippen LogP contribution in [0, 0.1) is 0 Å². The predicted octanol–water partition coefficient (Wildman–Crippen LogP) is 20.2. The Balaban J connectivity index is 0.756. The average Bonchev–Trinajstić information content (AvgIpc) is 4.34. The summed E-state index contributed by atoms with van der Waals surface area (Å²) in [6.45, 7) is 0. The molecule has 4 aromatic heterocycles. The molecule has 13 aromatic carbocycles. The molecule has 6 heteroatoms. The lowest BCUT2D eigenvalue weighted by Gasteiger charge is -2.15. The Bertz CT molecular complexity index is 5330. The van der Waals surface area contributed by atoms with E-state index in [1.54, 1.807) is 0 Å². The first-order valence-corrected chi connectivity index (χ1v) is 28.3. The minimum absolute atomic E-state index is 0.642. The molecule has 0 amide bonds. The molecule has 0 N–H and O–H groups in total. The van der Waals surface area contributed by atoms with Crippen LogP contribution in [0.15, 0.2) is 273 Å². The van der Waals surface area contributed by atoms with Crippen molar-refractivity contribution in [2.24, 2.45) is 0 Å². The fraction of sp³-hybridized carbons (Fsp3) is 0. The number of nitrogens with zero attached hydrogens (tertiary/aromatic N) is 5. The Morgan fingerprint density at radius 3 is 1.10 bits per heavy atom. The molecule has 0 fully saturated rings. The van der Waals surface area contributed by atoms with Crippen molar-refractivity contribution in [2.45, 2.75) is 0 Å². The van der Waals surface area contributed by atoms with E-state index in [0.717, 1.165) is 27.8 Å². The number of hydrogen-bond acceptors (Lipinski definition) is 4. The lowest BCUT2D eigenvalue weighted by Crippen LogP contribution is -2.00. The number of thiophene rings is 1. The number of hydrogen-bond donors (Lipinski definition) is 0. The van der Waals surface area contributed by atoms with Gasteiger partial charge in [-0.25, -0.2) is 15.0 Å². The maximum atomic E-state index is 5.09. The highest BCUT2D eigenvalue weighted by molar-refractivity contribution is 7.25. The second kappa shape index (κ2) is 18.0. The SMILES string of the molecule is c1ccc(-c2nc(-c3ccccc3)nc(-c3ccc4c5ccc(-n6c7ccccc7c7cc(-c8ccc9sc%10ccc(-c%11ccc%12c(c%11)c%11ccccc%11n%12-c%11ccccc%11)cc%10c9c8)ccc76)cc5c5ccccc5c4c3)n2)cc1. The van der Waals surface area contributed by atoms with Crippen LogP contribution in [0.1, 0.15) is 0 Å². The summed E-state index contributed by atoms with van der Waals surface area (Å²) < 4.78 is 7.41. The highest BCUT2D eigenvalue weighted by Gasteiger charge is 2.20. The van der Waals surface area contributed by atoms with Crippen molar-refractivity contribution in [3.63, 3.8) is 0 Å². The zero-order valence-corrected chi connectivity index (χ0v) is 44.4. The second-order valence-electron chi connectivity index (χ2n) is 21.1. The van der Waals surface area contributed by atoms with Gasteiger partial charge in [-0.15, -0.1) is 11.3 Å². The fourth-order valence-corrected chi connectivity index (χ4v) is 13.8. The normalized spacial score (nSPS) is 12.0. The van der Waals surface area contributed by atoms with Crippen LogP contribution in [-0.4, -0.2) is 24.1 Å². The van der Waals surface area contributed by atoms with Gasteiger partial charge in [0, 0.05) is 69.8 Å². The van der Waals surface area contributed by atoms with Gasteiger partial charge in [0.05, 0.1) is 22.1 Å².